The van der Waals surface area contributed by atoms with E-state index in [0.717, 1.165) is 25.2 Å². The third kappa shape index (κ3) is 6.29. The lowest BCUT2D eigenvalue weighted by molar-refractivity contribution is 0.338. The molecule has 1 aromatic rings. The highest BCUT2D eigenvalue weighted by molar-refractivity contribution is 6.58. The van der Waals surface area contributed by atoms with Gasteiger partial charge in [0, 0.05) is 8.80 Å². The molecule has 0 aliphatic carbocycles. The van der Waals surface area contributed by atoms with Gasteiger partial charge in [-0.05, 0) is 49.8 Å². The maximum absolute atomic E-state index is 12.9. The molecule has 3 heteroatoms. The van der Waals surface area contributed by atoms with Crippen LogP contribution in [0.4, 0.5) is 8.78 Å². The summed E-state index contributed by atoms with van der Waals surface area (Å²) in [4.78, 5) is 0. The van der Waals surface area contributed by atoms with Crippen molar-refractivity contribution < 1.29 is 8.78 Å². The second-order valence-corrected chi connectivity index (χ2v) is 10.2. The maximum atomic E-state index is 12.9. The number of rotatable bonds is 7. The zero-order valence-corrected chi connectivity index (χ0v) is 14.3. The Morgan fingerprint density at radius 1 is 1.19 bits per heavy atom. The molecule has 0 radical (unpaired) electrons. The van der Waals surface area contributed by atoms with Crippen molar-refractivity contribution >= 4 is 8.80 Å². The average molecular weight is 311 g/mol. The van der Waals surface area contributed by atoms with Gasteiger partial charge in [-0.15, -0.1) is 0 Å². The Balaban J connectivity index is 1.61. The number of hydrogen-bond acceptors (Lipinski definition) is 0. The highest BCUT2D eigenvalue weighted by Crippen LogP contribution is 2.31. The first-order valence-electron chi connectivity index (χ1n) is 8.52. The second-order valence-electron chi connectivity index (χ2n) is 6.76. The lowest BCUT2D eigenvalue weighted by atomic mass is 9.94. The summed E-state index contributed by atoms with van der Waals surface area (Å²) in [6.07, 6.45) is 6.33. The van der Waals surface area contributed by atoms with Crippen LogP contribution in [0.15, 0.2) is 24.3 Å². The van der Waals surface area contributed by atoms with Crippen molar-refractivity contribution in [2.75, 3.05) is 0 Å². The van der Waals surface area contributed by atoms with Crippen molar-refractivity contribution in [3.63, 3.8) is 0 Å². The van der Waals surface area contributed by atoms with E-state index in [4.69, 9.17) is 0 Å². The molecular weight excluding hydrogens is 282 g/mol. The first-order chi connectivity index (χ1) is 10.1. The highest BCUT2D eigenvalue weighted by Gasteiger charge is 2.21. The molecule has 1 unspecified atom stereocenters. The van der Waals surface area contributed by atoms with Crippen LogP contribution in [0.25, 0.3) is 0 Å². The molecule has 0 N–H and O–H groups in total. The number of hydrogen-bond donors (Lipinski definition) is 0. The molecule has 1 saturated heterocycles. The van der Waals surface area contributed by atoms with E-state index < -0.39 is 15.0 Å². The van der Waals surface area contributed by atoms with E-state index in [9.17, 15) is 8.78 Å². The summed E-state index contributed by atoms with van der Waals surface area (Å²) in [6, 6.07) is 11.2. The smallest absolute Gasteiger partial charge is 0.123 e. The zero-order chi connectivity index (χ0) is 15.1. The van der Waals surface area contributed by atoms with E-state index in [-0.39, 0.29) is 5.82 Å². The molecule has 0 amide bonds. The lowest BCUT2D eigenvalue weighted by Crippen LogP contribution is -2.21. The normalized spacial score (nSPS) is 24.0. The maximum Gasteiger partial charge on any atom is 0.123 e. The quantitative estimate of drug-likeness (QED) is 0.581. The predicted octanol–water partition coefficient (Wildman–Crippen LogP) is 5.53. The minimum atomic E-state index is -0.619. The van der Waals surface area contributed by atoms with E-state index in [2.05, 4.69) is 0 Å². The fourth-order valence-corrected chi connectivity index (χ4v) is 7.08. The van der Waals surface area contributed by atoms with Gasteiger partial charge in [0.15, 0.2) is 0 Å². The van der Waals surface area contributed by atoms with Crippen LogP contribution < -0.4 is 0 Å². The van der Waals surface area contributed by atoms with E-state index >= 15 is 0 Å². The van der Waals surface area contributed by atoms with Crippen molar-refractivity contribution in [2.45, 2.75) is 69.8 Å². The van der Waals surface area contributed by atoms with Crippen LogP contribution in [0.2, 0.25) is 18.1 Å². The van der Waals surface area contributed by atoms with E-state index in [1.54, 1.807) is 19.1 Å². The largest absolute Gasteiger partial charge is 0.248 e. The Morgan fingerprint density at radius 2 is 1.86 bits per heavy atom. The van der Waals surface area contributed by atoms with Crippen molar-refractivity contribution in [1.29, 1.82) is 0 Å². The fraction of sp³-hybridized carbons (Fsp3) is 0.667. The molecule has 0 saturated carbocycles. The molecule has 0 aromatic heterocycles. The van der Waals surface area contributed by atoms with Crippen molar-refractivity contribution in [2.24, 2.45) is 5.92 Å². The number of aryl methyl sites for hydroxylation is 1. The van der Waals surface area contributed by atoms with Crippen LogP contribution in [0.3, 0.4) is 0 Å². The number of alkyl halides is 1. The molecule has 1 heterocycles. The molecule has 0 spiro atoms. The molecule has 1 fully saturated rings. The Labute approximate surface area is 129 Å². The number of benzene rings is 1. The van der Waals surface area contributed by atoms with E-state index in [0.29, 0.717) is 0 Å². The Kier molecular flexibility index (Phi) is 6.88. The summed E-state index contributed by atoms with van der Waals surface area (Å²) in [5.41, 5.74) is 1.26. The van der Waals surface area contributed by atoms with Crippen LogP contribution in [0.1, 0.15) is 44.6 Å². The fourth-order valence-electron chi connectivity index (χ4n) is 3.52. The van der Waals surface area contributed by atoms with Crippen molar-refractivity contribution in [1.82, 2.24) is 0 Å². The first kappa shape index (κ1) is 16.7. The summed E-state index contributed by atoms with van der Waals surface area (Å²) in [5.74, 6) is 0.715. The van der Waals surface area contributed by atoms with Crippen LogP contribution in [0, 0.1) is 11.7 Å². The topological polar surface area (TPSA) is 0 Å². The van der Waals surface area contributed by atoms with Crippen molar-refractivity contribution in [3.8, 4) is 0 Å². The SMILES string of the molecule is CC(F)CCC[SiH]1CCC(CCc2ccc(F)cc2)CC1. The van der Waals surface area contributed by atoms with Crippen LogP contribution in [0.5, 0.6) is 0 Å². The zero-order valence-electron chi connectivity index (χ0n) is 13.2. The summed E-state index contributed by atoms with van der Waals surface area (Å²) in [5, 5.41) is 0. The monoisotopic (exact) mass is 310 g/mol. The Hall–Kier alpha value is -0.703. The minimum absolute atomic E-state index is 0.146. The third-order valence-corrected chi connectivity index (χ3v) is 8.46. The van der Waals surface area contributed by atoms with Crippen LogP contribution >= 0.6 is 0 Å². The van der Waals surface area contributed by atoms with Gasteiger partial charge in [0.05, 0.1) is 6.17 Å². The van der Waals surface area contributed by atoms with Gasteiger partial charge in [0.1, 0.15) is 5.82 Å². The van der Waals surface area contributed by atoms with Gasteiger partial charge < -0.3 is 0 Å². The molecular formula is C18H28F2Si. The van der Waals surface area contributed by atoms with E-state index in [1.807, 2.05) is 12.1 Å². The summed E-state index contributed by atoms with van der Waals surface area (Å²) >= 11 is 0. The lowest BCUT2D eigenvalue weighted by Gasteiger charge is -2.27. The van der Waals surface area contributed by atoms with E-state index in [1.165, 1.54) is 43.0 Å². The Bertz CT molecular complexity index is 394. The Morgan fingerprint density at radius 3 is 2.48 bits per heavy atom. The van der Waals surface area contributed by atoms with Gasteiger partial charge in [-0.25, -0.2) is 8.78 Å². The molecule has 21 heavy (non-hydrogen) atoms. The molecule has 1 aliphatic heterocycles. The summed E-state index contributed by atoms with van der Waals surface area (Å²) in [7, 11) is -0.545. The molecule has 1 aliphatic rings. The molecule has 1 aromatic carbocycles. The van der Waals surface area contributed by atoms with Crippen molar-refractivity contribution in [3.05, 3.63) is 35.6 Å². The molecule has 1 atom stereocenters. The molecule has 0 bridgehead atoms. The molecule has 118 valence electrons. The molecule has 0 nitrogen and oxygen atoms in total. The third-order valence-electron chi connectivity index (χ3n) is 4.94. The highest BCUT2D eigenvalue weighted by atomic mass is 28.3. The van der Waals surface area contributed by atoms with Gasteiger partial charge in [0.2, 0.25) is 0 Å². The second kappa shape index (κ2) is 8.67. The standard InChI is InChI=1S/C18H28F2Si/c1-15(19)3-2-12-21-13-10-17(11-14-21)5-4-16-6-8-18(20)9-7-16/h6-9,15,17,21H,2-5,10-14H2,1H3. The number of halogens is 2. The van der Waals surface area contributed by atoms with Gasteiger partial charge in [-0.3, -0.25) is 0 Å². The summed E-state index contributed by atoms with van der Waals surface area (Å²) in [6.45, 7) is 1.67. The van der Waals surface area contributed by atoms with Gasteiger partial charge >= 0.3 is 0 Å². The van der Waals surface area contributed by atoms with Crippen LogP contribution in [-0.2, 0) is 6.42 Å². The van der Waals surface area contributed by atoms with Gasteiger partial charge in [-0.2, -0.15) is 0 Å². The van der Waals surface area contributed by atoms with Gasteiger partial charge in [0.25, 0.3) is 0 Å². The first-order valence-corrected chi connectivity index (χ1v) is 11.0. The predicted molar refractivity (Wildman–Crippen MR) is 88.8 cm³/mol. The average Bonchev–Trinajstić information content (AvgIpc) is 2.48. The van der Waals surface area contributed by atoms with Gasteiger partial charge in [-0.1, -0.05) is 49.5 Å². The molecule has 2 rings (SSSR count). The summed E-state index contributed by atoms with van der Waals surface area (Å²) < 4.78 is 25.7. The van der Waals surface area contributed by atoms with Crippen LogP contribution in [-0.4, -0.2) is 15.0 Å². The minimum Gasteiger partial charge on any atom is -0.248 e.